The molecule has 0 aliphatic heterocycles. The third-order valence-corrected chi connectivity index (χ3v) is 4.42. The molecule has 0 spiro atoms. The van der Waals surface area contributed by atoms with Gasteiger partial charge < -0.3 is 11.1 Å². The zero-order chi connectivity index (χ0) is 13.2. The van der Waals surface area contributed by atoms with Crippen molar-refractivity contribution in [3.63, 3.8) is 0 Å². The summed E-state index contributed by atoms with van der Waals surface area (Å²) in [5.41, 5.74) is 6.02. The van der Waals surface area contributed by atoms with Crippen molar-refractivity contribution in [2.75, 3.05) is 11.9 Å². The summed E-state index contributed by atoms with van der Waals surface area (Å²) in [6, 6.07) is 5.41. The van der Waals surface area contributed by atoms with Crippen LogP contribution in [0.5, 0.6) is 0 Å². The van der Waals surface area contributed by atoms with Gasteiger partial charge in [-0.25, -0.2) is 0 Å². The lowest BCUT2D eigenvalue weighted by molar-refractivity contribution is -0.124. The summed E-state index contributed by atoms with van der Waals surface area (Å²) in [6.07, 6.45) is 3.87. The molecule has 5 heteroatoms. The van der Waals surface area contributed by atoms with Crippen molar-refractivity contribution < 1.29 is 4.79 Å². The molecular formula is C13H16BrClN2O. The number of carbonyl (C=O) groups is 1. The van der Waals surface area contributed by atoms with Crippen LogP contribution in [0.25, 0.3) is 0 Å². The summed E-state index contributed by atoms with van der Waals surface area (Å²) in [4.78, 5) is 12.3. The molecule has 0 aromatic heterocycles. The number of carbonyl (C=O) groups excluding carboxylic acids is 1. The van der Waals surface area contributed by atoms with Gasteiger partial charge in [0.2, 0.25) is 5.91 Å². The van der Waals surface area contributed by atoms with E-state index in [0.717, 1.165) is 30.2 Å². The van der Waals surface area contributed by atoms with Crippen molar-refractivity contribution in [2.45, 2.75) is 25.7 Å². The van der Waals surface area contributed by atoms with Crippen LogP contribution in [-0.2, 0) is 4.79 Å². The molecule has 3 N–H and O–H groups in total. The summed E-state index contributed by atoms with van der Waals surface area (Å²) in [5.74, 6) is -0.00766. The van der Waals surface area contributed by atoms with Crippen LogP contribution in [0.2, 0.25) is 5.02 Å². The normalized spacial score (nSPS) is 17.7. The van der Waals surface area contributed by atoms with E-state index in [9.17, 15) is 4.79 Å². The lowest BCUT2D eigenvalue weighted by Gasteiger charge is -2.26. The summed E-state index contributed by atoms with van der Waals surface area (Å²) in [5, 5.41) is 3.43. The lowest BCUT2D eigenvalue weighted by atomic mass is 9.85. The number of anilines is 1. The Morgan fingerprint density at radius 3 is 2.67 bits per heavy atom. The predicted octanol–water partition coefficient (Wildman–Crippen LogP) is 3.56. The SMILES string of the molecule is NCC1(C(=O)Nc2ccc(Br)cc2Cl)CCCC1. The second-order valence-corrected chi connectivity index (χ2v) is 6.09. The predicted molar refractivity (Wildman–Crippen MR) is 77.7 cm³/mol. The highest BCUT2D eigenvalue weighted by Gasteiger charge is 2.39. The topological polar surface area (TPSA) is 55.1 Å². The standard InChI is InChI=1S/C13H16BrClN2O/c14-9-3-4-11(10(15)7-9)17-12(18)13(8-16)5-1-2-6-13/h3-4,7H,1-2,5-6,8,16H2,(H,17,18). The minimum absolute atomic E-state index is 0.00766. The highest BCUT2D eigenvalue weighted by molar-refractivity contribution is 9.10. The van der Waals surface area contributed by atoms with Crippen LogP contribution in [0.15, 0.2) is 22.7 Å². The third kappa shape index (κ3) is 2.71. The Labute approximate surface area is 120 Å². The van der Waals surface area contributed by atoms with E-state index in [1.807, 2.05) is 6.07 Å². The van der Waals surface area contributed by atoms with Crippen molar-refractivity contribution in [3.05, 3.63) is 27.7 Å². The van der Waals surface area contributed by atoms with E-state index in [1.165, 1.54) is 0 Å². The number of benzene rings is 1. The first-order valence-corrected chi connectivity index (χ1v) is 7.21. The first-order chi connectivity index (χ1) is 8.57. The molecule has 0 bridgehead atoms. The monoisotopic (exact) mass is 330 g/mol. The highest BCUT2D eigenvalue weighted by atomic mass is 79.9. The van der Waals surface area contributed by atoms with Crippen LogP contribution in [0, 0.1) is 5.41 Å². The summed E-state index contributed by atoms with van der Waals surface area (Å²) in [7, 11) is 0. The fraction of sp³-hybridized carbons (Fsp3) is 0.462. The maximum Gasteiger partial charge on any atom is 0.231 e. The lowest BCUT2D eigenvalue weighted by Crippen LogP contribution is -2.40. The van der Waals surface area contributed by atoms with E-state index in [4.69, 9.17) is 17.3 Å². The summed E-state index contributed by atoms with van der Waals surface area (Å²) >= 11 is 9.43. The molecule has 1 aromatic carbocycles. The van der Waals surface area contributed by atoms with Crippen molar-refractivity contribution in [3.8, 4) is 0 Å². The van der Waals surface area contributed by atoms with Crippen molar-refractivity contribution in [1.82, 2.24) is 0 Å². The van der Waals surface area contributed by atoms with Gasteiger partial charge in [-0.3, -0.25) is 4.79 Å². The Morgan fingerprint density at radius 2 is 2.11 bits per heavy atom. The quantitative estimate of drug-likeness (QED) is 0.890. The maximum absolute atomic E-state index is 12.3. The fourth-order valence-electron chi connectivity index (χ4n) is 2.42. The molecule has 0 atom stereocenters. The first-order valence-electron chi connectivity index (χ1n) is 6.04. The van der Waals surface area contributed by atoms with Crippen LogP contribution in [-0.4, -0.2) is 12.5 Å². The smallest absolute Gasteiger partial charge is 0.231 e. The van der Waals surface area contributed by atoms with Gasteiger partial charge in [0.15, 0.2) is 0 Å². The fourth-order valence-corrected chi connectivity index (χ4v) is 3.14. The van der Waals surface area contributed by atoms with Crippen LogP contribution in [0.3, 0.4) is 0 Å². The number of halogens is 2. The van der Waals surface area contributed by atoms with E-state index in [2.05, 4.69) is 21.2 Å². The van der Waals surface area contributed by atoms with Crippen LogP contribution < -0.4 is 11.1 Å². The van der Waals surface area contributed by atoms with Gasteiger partial charge in [0, 0.05) is 11.0 Å². The molecule has 0 unspecified atom stereocenters. The third-order valence-electron chi connectivity index (χ3n) is 3.61. The van der Waals surface area contributed by atoms with Gasteiger partial charge in [-0.15, -0.1) is 0 Å². The van der Waals surface area contributed by atoms with Crippen LogP contribution in [0.1, 0.15) is 25.7 Å². The van der Waals surface area contributed by atoms with Crippen LogP contribution in [0.4, 0.5) is 5.69 Å². The largest absolute Gasteiger partial charge is 0.329 e. The number of hydrogen-bond acceptors (Lipinski definition) is 2. The van der Waals surface area contributed by atoms with Gasteiger partial charge in [-0.05, 0) is 31.0 Å². The second-order valence-electron chi connectivity index (χ2n) is 4.77. The number of amides is 1. The van der Waals surface area contributed by atoms with E-state index >= 15 is 0 Å². The van der Waals surface area contributed by atoms with Gasteiger partial charge in [0.25, 0.3) is 0 Å². The molecule has 1 saturated carbocycles. The first kappa shape index (κ1) is 13.8. The average molecular weight is 332 g/mol. The molecule has 1 aliphatic carbocycles. The zero-order valence-corrected chi connectivity index (χ0v) is 12.4. The van der Waals surface area contributed by atoms with E-state index in [0.29, 0.717) is 17.3 Å². The van der Waals surface area contributed by atoms with Gasteiger partial charge in [0.05, 0.1) is 16.1 Å². The number of nitrogens with two attached hydrogens (primary N) is 1. The molecule has 1 fully saturated rings. The van der Waals surface area contributed by atoms with Gasteiger partial charge in [0.1, 0.15) is 0 Å². The highest BCUT2D eigenvalue weighted by Crippen LogP contribution is 2.38. The molecule has 2 rings (SSSR count). The molecule has 0 heterocycles. The minimum Gasteiger partial charge on any atom is -0.329 e. The molecule has 3 nitrogen and oxygen atoms in total. The van der Waals surface area contributed by atoms with Crippen molar-refractivity contribution in [1.29, 1.82) is 0 Å². The van der Waals surface area contributed by atoms with E-state index in [-0.39, 0.29) is 5.91 Å². The molecular weight excluding hydrogens is 316 g/mol. The zero-order valence-electron chi connectivity index (χ0n) is 10.0. The average Bonchev–Trinajstić information content (AvgIpc) is 2.82. The maximum atomic E-state index is 12.3. The molecule has 1 aliphatic rings. The Kier molecular flexibility index (Phi) is 4.30. The molecule has 0 saturated heterocycles. The molecule has 1 amide bonds. The Balaban J connectivity index is 2.15. The minimum atomic E-state index is -0.406. The summed E-state index contributed by atoms with van der Waals surface area (Å²) in [6.45, 7) is 0.396. The second kappa shape index (κ2) is 5.59. The van der Waals surface area contributed by atoms with E-state index in [1.54, 1.807) is 12.1 Å². The van der Waals surface area contributed by atoms with E-state index < -0.39 is 5.41 Å². The van der Waals surface area contributed by atoms with Crippen molar-refractivity contribution in [2.24, 2.45) is 11.1 Å². The molecule has 0 radical (unpaired) electrons. The van der Waals surface area contributed by atoms with Crippen LogP contribution >= 0.6 is 27.5 Å². The summed E-state index contributed by atoms with van der Waals surface area (Å²) < 4.78 is 0.889. The number of rotatable bonds is 3. The number of nitrogens with one attached hydrogen (secondary N) is 1. The number of hydrogen-bond donors (Lipinski definition) is 2. The van der Waals surface area contributed by atoms with Gasteiger partial charge in [-0.2, -0.15) is 0 Å². The molecule has 98 valence electrons. The van der Waals surface area contributed by atoms with Gasteiger partial charge >= 0.3 is 0 Å². The Hall–Kier alpha value is -0.580. The van der Waals surface area contributed by atoms with Gasteiger partial charge in [-0.1, -0.05) is 40.4 Å². The van der Waals surface area contributed by atoms with Crippen molar-refractivity contribution >= 4 is 39.1 Å². The molecule has 1 aromatic rings. The Morgan fingerprint density at radius 1 is 1.44 bits per heavy atom. The Bertz CT molecular complexity index is 458. The molecule has 18 heavy (non-hydrogen) atoms.